The van der Waals surface area contributed by atoms with E-state index < -0.39 is 0 Å². The Kier molecular flexibility index (Phi) is 4.47. The van der Waals surface area contributed by atoms with Gasteiger partial charge in [-0.05, 0) is 22.5 Å². The van der Waals surface area contributed by atoms with Crippen molar-refractivity contribution in [1.82, 2.24) is 9.88 Å². The summed E-state index contributed by atoms with van der Waals surface area (Å²) in [5.41, 5.74) is 4.60. The number of rotatable bonds is 2. The van der Waals surface area contributed by atoms with Crippen LogP contribution in [0.3, 0.4) is 0 Å². The van der Waals surface area contributed by atoms with Gasteiger partial charge < -0.3 is 9.15 Å². The van der Waals surface area contributed by atoms with Crippen LogP contribution in [-0.4, -0.2) is 36.2 Å². The molecule has 132 valence electrons. The Hall–Kier alpha value is -1.39. The molecule has 3 rings (SSSR count). The smallest absolute Gasteiger partial charge is 0.209 e. The fraction of sp³-hybridized carbons (Fsp3) is 0.650. The summed E-state index contributed by atoms with van der Waals surface area (Å²) in [6, 6.07) is 4.49. The molecule has 1 saturated heterocycles. The van der Waals surface area contributed by atoms with E-state index in [2.05, 4.69) is 58.6 Å². The summed E-state index contributed by atoms with van der Waals surface area (Å²) in [4.78, 5) is 7.15. The van der Waals surface area contributed by atoms with Crippen molar-refractivity contribution in [2.75, 3.05) is 26.3 Å². The molecule has 0 radical (unpaired) electrons. The third-order valence-corrected chi connectivity index (χ3v) is 4.67. The zero-order valence-electron chi connectivity index (χ0n) is 15.9. The molecule has 1 aliphatic rings. The van der Waals surface area contributed by atoms with Gasteiger partial charge in [-0.15, -0.1) is 0 Å². The van der Waals surface area contributed by atoms with E-state index in [0.29, 0.717) is 0 Å². The number of ether oxygens (including phenoxy) is 1. The van der Waals surface area contributed by atoms with Gasteiger partial charge in [-0.25, -0.2) is 4.98 Å². The summed E-state index contributed by atoms with van der Waals surface area (Å²) < 4.78 is 11.6. The summed E-state index contributed by atoms with van der Waals surface area (Å²) in [5.74, 6) is 0.809. The first-order chi connectivity index (χ1) is 11.1. The minimum Gasteiger partial charge on any atom is -0.439 e. The second-order valence-electron chi connectivity index (χ2n) is 8.87. The van der Waals surface area contributed by atoms with Gasteiger partial charge in [-0.3, -0.25) is 4.90 Å². The predicted octanol–water partition coefficient (Wildman–Crippen LogP) is 4.26. The topological polar surface area (TPSA) is 38.5 Å². The molecule has 0 spiro atoms. The average molecular weight is 330 g/mol. The summed E-state index contributed by atoms with van der Waals surface area (Å²) in [6.45, 7) is 17.7. The molecule has 0 unspecified atom stereocenters. The maximum absolute atomic E-state index is 6.20. The highest BCUT2D eigenvalue weighted by molar-refractivity contribution is 5.79. The van der Waals surface area contributed by atoms with Gasteiger partial charge in [0.1, 0.15) is 5.52 Å². The largest absolute Gasteiger partial charge is 0.439 e. The fourth-order valence-electron chi connectivity index (χ4n) is 3.09. The molecule has 24 heavy (non-hydrogen) atoms. The summed E-state index contributed by atoms with van der Waals surface area (Å²) in [5, 5.41) is 0. The lowest BCUT2D eigenvalue weighted by atomic mass is 9.80. The first-order valence-electron chi connectivity index (χ1n) is 8.89. The molecule has 1 aromatic carbocycles. The molecule has 0 saturated carbocycles. The van der Waals surface area contributed by atoms with Crippen LogP contribution in [0.5, 0.6) is 0 Å². The van der Waals surface area contributed by atoms with Crippen LogP contribution in [0.15, 0.2) is 16.5 Å². The normalized spacial score (nSPS) is 17.6. The van der Waals surface area contributed by atoms with Gasteiger partial charge in [-0.1, -0.05) is 47.6 Å². The molecule has 1 aromatic heterocycles. The number of oxazole rings is 1. The highest BCUT2D eigenvalue weighted by atomic mass is 16.5. The molecule has 2 heterocycles. The first-order valence-corrected chi connectivity index (χ1v) is 8.89. The molecule has 1 fully saturated rings. The summed E-state index contributed by atoms with van der Waals surface area (Å²) >= 11 is 0. The summed E-state index contributed by atoms with van der Waals surface area (Å²) in [7, 11) is 0. The maximum atomic E-state index is 6.20. The quantitative estimate of drug-likeness (QED) is 0.825. The van der Waals surface area contributed by atoms with Crippen molar-refractivity contribution >= 4 is 11.1 Å². The lowest BCUT2D eigenvalue weighted by Gasteiger charge is -2.25. The van der Waals surface area contributed by atoms with Crippen molar-refractivity contribution in [3.8, 4) is 0 Å². The Morgan fingerprint density at radius 1 is 1.00 bits per heavy atom. The van der Waals surface area contributed by atoms with Gasteiger partial charge in [0.25, 0.3) is 0 Å². The number of morpholine rings is 1. The van der Waals surface area contributed by atoms with E-state index in [9.17, 15) is 0 Å². The molecule has 0 amide bonds. The zero-order valence-corrected chi connectivity index (χ0v) is 15.9. The fourth-order valence-corrected chi connectivity index (χ4v) is 3.09. The van der Waals surface area contributed by atoms with Crippen LogP contribution in [0.2, 0.25) is 0 Å². The van der Waals surface area contributed by atoms with E-state index in [4.69, 9.17) is 14.1 Å². The van der Waals surface area contributed by atoms with Crippen molar-refractivity contribution in [2.24, 2.45) is 0 Å². The number of aromatic nitrogens is 1. The molecular formula is C20H30N2O2. The molecule has 4 heteroatoms. The van der Waals surface area contributed by atoms with Gasteiger partial charge in [0.2, 0.25) is 5.89 Å². The molecule has 1 aliphatic heterocycles. The number of benzene rings is 1. The third kappa shape index (κ3) is 3.65. The second kappa shape index (κ2) is 6.16. The number of hydrogen-bond donors (Lipinski definition) is 0. The Balaban J connectivity index is 2.03. The number of hydrogen-bond acceptors (Lipinski definition) is 4. The second-order valence-corrected chi connectivity index (χ2v) is 8.87. The molecule has 0 atom stereocenters. The van der Waals surface area contributed by atoms with E-state index in [1.54, 1.807) is 0 Å². The lowest BCUT2D eigenvalue weighted by Crippen LogP contribution is -2.35. The van der Waals surface area contributed by atoms with E-state index in [0.717, 1.165) is 49.8 Å². The first kappa shape index (κ1) is 17.4. The average Bonchev–Trinajstić information content (AvgIpc) is 2.87. The lowest BCUT2D eigenvalue weighted by molar-refractivity contribution is 0.0308. The monoisotopic (exact) mass is 330 g/mol. The van der Waals surface area contributed by atoms with E-state index in [1.165, 1.54) is 11.1 Å². The Bertz CT molecular complexity index is 714. The SMILES string of the molecule is CC(C)(C)c1cc(C(C)(C)C)c2oc(CN3CCOCC3)nc2c1. The maximum Gasteiger partial charge on any atom is 0.209 e. The van der Waals surface area contributed by atoms with Crippen LogP contribution in [0.4, 0.5) is 0 Å². The highest BCUT2D eigenvalue weighted by Gasteiger charge is 2.25. The number of nitrogens with zero attached hydrogens (tertiary/aromatic N) is 2. The van der Waals surface area contributed by atoms with E-state index in [-0.39, 0.29) is 10.8 Å². The molecule has 0 N–H and O–H groups in total. The van der Waals surface area contributed by atoms with Crippen molar-refractivity contribution in [3.05, 3.63) is 29.2 Å². The van der Waals surface area contributed by atoms with E-state index >= 15 is 0 Å². The van der Waals surface area contributed by atoms with E-state index in [1.807, 2.05) is 0 Å². The van der Waals surface area contributed by atoms with Crippen LogP contribution in [0, 0.1) is 0 Å². The third-order valence-electron chi connectivity index (χ3n) is 4.67. The van der Waals surface area contributed by atoms with Gasteiger partial charge in [0.05, 0.1) is 19.8 Å². The van der Waals surface area contributed by atoms with Gasteiger partial charge >= 0.3 is 0 Å². The van der Waals surface area contributed by atoms with Gasteiger partial charge in [0.15, 0.2) is 5.58 Å². The Morgan fingerprint density at radius 3 is 2.25 bits per heavy atom. The predicted molar refractivity (Wildman–Crippen MR) is 97.5 cm³/mol. The highest BCUT2D eigenvalue weighted by Crippen LogP contribution is 2.35. The van der Waals surface area contributed by atoms with Crippen molar-refractivity contribution < 1.29 is 9.15 Å². The minimum absolute atomic E-state index is 0.0231. The van der Waals surface area contributed by atoms with Gasteiger partial charge in [0, 0.05) is 18.7 Å². The van der Waals surface area contributed by atoms with Crippen LogP contribution >= 0.6 is 0 Å². The van der Waals surface area contributed by atoms with Gasteiger partial charge in [-0.2, -0.15) is 0 Å². The van der Waals surface area contributed by atoms with Crippen LogP contribution in [-0.2, 0) is 22.1 Å². The van der Waals surface area contributed by atoms with Crippen LogP contribution in [0.1, 0.15) is 58.6 Å². The molecular weight excluding hydrogens is 300 g/mol. The summed E-state index contributed by atoms with van der Waals surface area (Å²) in [6.07, 6.45) is 0. The van der Waals surface area contributed by atoms with Crippen LogP contribution < -0.4 is 0 Å². The zero-order chi connectivity index (χ0) is 17.5. The number of fused-ring (bicyclic) bond motifs is 1. The molecule has 0 bridgehead atoms. The standard InChI is InChI=1S/C20H30N2O2/c1-19(2,3)14-11-15(20(4,5)6)18-16(12-14)21-17(24-18)13-22-7-9-23-10-8-22/h11-12H,7-10,13H2,1-6H3. The molecule has 4 nitrogen and oxygen atoms in total. The molecule has 2 aromatic rings. The minimum atomic E-state index is 0.0231. The van der Waals surface area contributed by atoms with Crippen LogP contribution in [0.25, 0.3) is 11.1 Å². The molecule has 0 aliphatic carbocycles. The van der Waals surface area contributed by atoms with Crippen molar-refractivity contribution in [1.29, 1.82) is 0 Å². The van der Waals surface area contributed by atoms with Crippen molar-refractivity contribution in [2.45, 2.75) is 58.9 Å². The Morgan fingerprint density at radius 2 is 1.67 bits per heavy atom. The van der Waals surface area contributed by atoms with Crippen molar-refractivity contribution in [3.63, 3.8) is 0 Å². The Labute approximate surface area is 145 Å².